The first-order valence-electron chi connectivity index (χ1n) is 8.72. The molecule has 0 saturated carbocycles. The number of hydrogen-bond acceptors (Lipinski definition) is 3. The molecule has 0 spiro atoms. The van der Waals surface area contributed by atoms with E-state index >= 15 is 0 Å². The van der Waals surface area contributed by atoms with Crippen LogP contribution in [0.5, 0.6) is 0 Å². The van der Waals surface area contributed by atoms with E-state index in [1.54, 1.807) is 17.9 Å². The summed E-state index contributed by atoms with van der Waals surface area (Å²) in [6, 6.07) is 5.93. The Morgan fingerprint density at radius 2 is 1.50 bits per heavy atom. The van der Waals surface area contributed by atoms with Crippen molar-refractivity contribution in [2.24, 2.45) is 0 Å². The lowest BCUT2D eigenvalue weighted by Gasteiger charge is -2.34. The second-order valence-corrected chi connectivity index (χ2v) is 6.70. The molecule has 1 aliphatic rings. The van der Waals surface area contributed by atoms with Crippen molar-refractivity contribution < 1.29 is 27.2 Å². The van der Waals surface area contributed by atoms with Crippen LogP contribution in [0, 0.1) is 30.2 Å². The fourth-order valence-corrected chi connectivity index (χ4v) is 3.11. The Kier molecular flexibility index (Phi) is 5.79. The second kappa shape index (κ2) is 8.10. The van der Waals surface area contributed by atoms with Gasteiger partial charge in [-0.25, -0.2) is 17.6 Å². The van der Waals surface area contributed by atoms with E-state index in [1.165, 1.54) is 17.0 Å². The van der Waals surface area contributed by atoms with E-state index in [9.17, 15) is 27.2 Å². The Morgan fingerprint density at radius 3 is 2.18 bits per heavy atom. The Labute approximate surface area is 159 Å². The van der Waals surface area contributed by atoms with Gasteiger partial charge < -0.3 is 4.90 Å². The Bertz CT molecular complexity index is 925. The maximum Gasteiger partial charge on any atom is 0.257 e. The number of Topliss-reactive ketones (excluding diaryl/α,β-unsaturated/α-hetero) is 1. The Balaban J connectivity index is 1.61. The summed E-state index contributed by atoms with van der Waals surface area (Å²) in [5.41, 5.74) is 0.251. The summed E-state index contributed by atoms with van der Waals surface area (Å²) in [5.74, 6) is -6.26. The molecule has 0 radical (unpaired) electrons. The maximum absolute atomic E-state index is 13.8. The van der Waals surface area contributed by atoms with Crippen LogP contribution >= 0.6 is 0 Å². The van der Waals surface area contributed by atoms with Gasteiger partial charge >= 0.3 is 0 Å². The number of benzene rings is 2. The molecule has 1 saturated heterocycles. The highest BCUT2D eigenvalue weighted by Crippen LogP contribution is 2.18. The van der Waals surface area contributed by atoms with Crippen molar-refractivity contribution in [2.45, 2.75) is 6.92 Å². The molecule has 2 aromatic rings. The van der Waals surface area contributed by atoms with Gasteiger partial charge in [0, 0.05) is 26.2 Å². The average molecular weight is 394 g/mol. The van der Waals surface area contributed by atoms with Crippen LogP contribution in [-0.2, 0) is 0 Å². The zero-order valence-corrected chi connectivity index (χ0v) is 15.1. The Hall–Kier alpha value is -2.74. The first kappa shape index (κ1) is 20.0. The highest BCUT2D eigenvalue weighted by molar-refractivity contribution is 5.98. The molecule has 1 heterocycles. The molecule has 2 aromatic carbocycles. The smallest absolute Gasteiger partial charge is 0.257 e. The van der Waals surface area contributed by atoms with Crippen LogP contribution in [0.25, 0.3) is 0 Å². The van der Waals surface area contributed by atoms with Gasteiger partial charge in [0.15, 0.2) is 23.2 Å². The summed E-state index contributed by atoms with van der Waals surface area (Å²) in [6.07, 6.45) is 0. The van der Waals surface area contributed by atoms with Crippen molar-refractivity contribution in [3.05, 3.63) is 70.3 Å². The van der Waals surface area contributed by atoms with Gasteiger partial charge in [-0.15, -0.1) is 0 Å². The summed E-state index contributed by atoms with van der Waals surface area (Å²) in [6.45, 7) is 2.74. The number of hydrogen-bond donors (Lipinski definition) is 0. The third-order valence-corrected chi connectivity index (χ3v) is 4.71. The minimum absolute atomic E-state index is 0.0120. The number of piperazine rings is 1. The van der Waals surface area contributed by atoms with Crippen molar-refractivity contribution in [3.8, 4) is 0 Å². The van der Waals surface area contributed by atoms with E-state index in [0.717, 1.165) is 11.6 Å². The summed E-state index contributed by atoms with van der Waals surface area (Å²) in [7, 11) is 0. The lowest BCUT2D eigenvalue weighted by atomic mass is 10.1. The first-order valence-corrected chi connectivity index (χ1v) is 8.72. The predicted octanol–water partition coefficient (Wildman–Crippen LogP) is 3.19. The van der Waals surface area contributed by atoms with Crippen LogP contribution in [0.3, 0.4) is 0 Å². The van der Waals surface area contributed by atoms with E-state index < -0.39 is 34.7 Å². The molecule has 4 nitrogen and oxygen atoms in total. The molecular weight excluding hydrogens is 376 g/mol. The van der Waals surface area contributed by atoms with Crippen LogP contribution in [0.15, 0.2) is 30.3 Å². The summed E-state index contributed by atoms with van der Waals surface area (Å²) >= 11 is 0. The molecule has 8 heteroatoms. The van der Waals surface area contributed by atoms with Gasteiger partial charge in [0.05, 0.1) is 17.7 Å². The predicted molar refractivity (Wildman–Crippen MR) is 94.1 cm³/mol. The highest BCUT2D eigenvalue weighted by Gasteiger charge is 2.27. The van der Waals surface area contributed by atoms with E-state index in [2.05, 4.69) is 0 Å². The lowest BCUT2D eigenvalue weighted by Crippen LogP contribution is -2.50. The molecular formula is C20H18F4N2O2. The van der Waals surface area contributed by atoms with Crippen LogP contribution in [-0.4, -0.2) is 54.2 Å². The first-order chi connectivity index (χ1) is 13.3. The number of carbonyl (C=O) groups excluding carboxylic acids is 2. The molecule has 0 aromatic heterocycles. The second-order valence-electron chi connectivity index (χ2n) is 6.70. The molecule has 1 fully saturated rings. The van der Waals surface area contributed by atoms with Gasteiger partial charge in [0.2, 0.25) is 0 Å². The number of carbonyl (C=O) groups is 2. The number of amides is 1. The van der Waals surface area contributed by atoms with E-state index in [-0.39, 0.29) is 31.0 Å². The molecule has 1 amide bonds. The van der Waals surface area contributed by atoms with E-state index in [1.807, 2.05) is 0 Å². The maximum atomic E-state index is 13.8. The summed E-state index contributed by atoms with van der Waals surface area (Å²) < 4.78 is 54.0. The molecule has 0 unspecified atom stereocenters. The minimum atomic E-state index is -1.68. The largest absolute Gasteiger partial charge is 0.336 e. The molecule has 0 bridgehead atoms. The van der Waals surface area contributed by atoms with Crippen molar-refractivity contribution in [1.29, 1.82) is 0 Å². The van der Waals surface area contributed by atoms with Crippen LogP contribution in [0.2, 0.25) is 0 Å². The van der Waals surface area contributed by atoms with Gasteiger partial charge in [0.1, 0.15) is 5.82 Å². The summed E-state index contributed by atoms with van der Waals surface area (Å²) in [5, 5.41) is 0. The molecule has 1 aliphatic heterocycles. The Morgan fingerprint density at radius 1 is 0.857 bits per heavy atom. The van der Waals surface area contributed by atoms with Gasteiger partial charge in [-0.05, 0) is 31.2 Å². The fourth-order valence-electron chi connectivity index (χ4n) is 3.11. The van der Waals surface area contributed by atoms with Gasteiger partial charge in [-0.3, -0.25) is 14.5 Å². The number of rotatable bonds is 4. The van der Waals surface area contributed by atoms with Crippen molar-refractivity contribution >= 4 is 11.7 Å². The third-order valence-electron chi connectivity index (χ3n) is 4.71. The fraction of sp³-hybridized carbons (Fsp3) is 0.300. The van der Waals surface area contributed by atoms with Gasteiger partial charge in [-0.2, -0.15) is 0 Å². The highest BCUT2D eigenvalue weighted by atomic mass is 19.2. The molecule has 148 valence electrons. The standard InChI is InChI=1S/C20H18F4N2O2/c1-12-2-4-15(21)14(10-12)17(27)11-25-6-8-26(9-7-25)20(28)13-3-5-16(22)19(24)18(13)23/h2-5,10H,6-9,11H2,1H3. The minimum Gasteiger partial charge on any atom is -0.336 e. The zero-order chi connectivity index (χ0) is 20.4. The number of ketones is 1. The van der Waals surface area contributed by atoms with E-state index in [4.69, 9.17) is 0 Å². The lowest BCUT2D eigenvalue weighted by molar-refractivity contribution is 0.0618. The third kappa shape index (κ3) is 4.06. The molecule has 3 rings (SSSR count). The van der Waals surface area contributed by atoms with Crippen molar-refractivity contribution in [3.63, 3.8) is 0 Å². The monoisotopic (exact) mass is 394 g/mol. The molecule has 0 N–H and O–H groups in total. The quantitative estimate of drug-likeness (QED) is 0.454. The number of aryl methyl sites for hydroxylation is 1. The van der Waals surface area contributed by atoms with Crippen molar-refractivity contribution in [1.82, 2.24) is 9.80 Å². The van der Waals surface area contributed by atoms with Crippen LogP contribution in [0.4, 0.5) is 17.6 Å². The van der Waals surface area contributed by atoms with Crippen molar-refractivity contribution in [2.75, 3.05) is 32.7 Å². The SMILES string of the molecule is Cc1ccc(F)c(C(=O)CN2CCN(C(=O)c3ccc(F)c(F)c3F)CC2)c1. The molecule has 28 heavy (non-hydrogen) atoms. The number of nitrogens with zero attached hydrogens (tertiary/aromatic N) is 2. The van der Waals surface area contributed by atoms with Crippen LogP contribution < -0.4 is 0 Å². The molecule has 0 atom stereocenters. The van der Waals surface area contributed by atoms with E-state index in [0.29, 0.717) is 19.2 Å². The summed E-state index contributed by atoms with van der Waals surface area (Å²) in [4.78, 5) is 27.8. The zero-order valence-electron chi connectivity index (χ0n) is 15.1. The normalized spacial score (nSPS) is 15.0. The average Bonchev–Trinajstić information content (AvgIpc) is 2.68. The number of halogens is 4. The van der Waals surface area contributed by atoms with Gasteiger partial charge in [-0.1, -0.05) is 11.6 Å². The molecule has 0 aliphatic carbocycles. The topological polar surface area (TPSA) is 40.6 Å². The van der Waals surface area contributed by atoms with Gasteiger partial charge in [0.25, 0.3) is 5.91 Å². The van der Waals surface area contributed by atoms with Crippen LogP contribution in [0.1, 0.15) is 26.3 Å².